The van der Waals surface area contributed by atoms with E-state index >= 15 is 0 Å². The summed E-state index contributed by atoms with van der Waals surface area (Å²) in [6.07, 6.45) is 0. The SMILES string of the molecule is ClC1=C(I)C(c2ccccc2)(c2ccc(-c3ccccc3)cc2)OC1. The molecule has 0 aliphatic carbocycles. The second kappa shape index (κ2) is 6.94. The smallest absolute Gasteiger partial charge is 0.151 e. The van der Waals surface area contributed by atoms with Gasteiger partial charge in [0.05, 0.1) is 11.6 Å². The van der Waals surface area contributed by atoms with Crippen molar-refractivity contribution in [1.29, 1.82) is 0 Å². The van der Waals surface area contributed by atoms with Crippen molar-refractivity contribution in [3.63, 3.8) is 0 Å². The third-order valence-corrected chi connectivity index (χ3v) is 6.57. The highest BCUT2D eigenvalue weighted by molar-refractivity contribution is 14.1. The van der Waals surface area contributed by atoms with Crippen LogP contribution in [0.1, 0.15) is 11.1 Å². The number of halogens is 2. The van der Waals surface area contributed by atoms with Crippen LogP contribution in [0.15, 0.2) is 93.5 Å². The molecule has 25 heavy (non-hydrogen) atoms. The Kier molecular flexibility index (Phi) is 4.67. The number of hydrogen-bond acceptors (Lipinski definition) is 1. The van der Waals surface area contributed by atoms with Crippen molar-refractivity contribution < 1.29 is 4.74 Å². The molecule has 0 N–H and O–H groups in total. The van der Waals surface area contributed by atoms with E-state index in [0.717, 1.165) is 19.7 Å². The van der Waals surface area contributed by atoms with Gasteiger partial charge < -0.3 is 4.74 Å². The van der Waals surface area contributed by atoms with Gasteiger partial charge in [-0.05, 0) is 44.8 Å². The van der Waals surface area contributed by atoms with Gasteiger partial charge in [0.25, 0.3) is 0 Å². The van der Waals surface area contributed by atoms with Crippen LogP contribution in [-0.2, 0) is 10.3 Å². The highest BCUT2D eigenvalue weighted by Gasteiger charge is 2.44. The molecule has 0 saturated heterocycles. The number of ether oxygens (including phenoxy) is 1. The van der Waals surface area contributed by atoms with Crippen molar-refractivity contribution in [1.82, 2.24) is 0 Å². The standard InChI is InChI=1S/C22H16ClIO/c23-20-15-25-22(21(20)24,18-9-5-2-6-10-18)19-13-11-17(12-14-19)16-7-3-1-4-8-16/h1-14H,15H2. The maximum absolute atomic E-state index is 6.42. The molecule has 3 aromatic rings. The fraction of sp³-hybridized carbons (Fsp3) is 0.0909. The maximum atomic E-state index is 6.42. The summed E-state index contributed by atoms with van der Waals surface area (Å²) in [5.74, 6) is 0. The Balaban J connectivity index is 1.82. The molecular formula is C22H16ClIO. The third kappa shape index (κ3) is 2.92. The molecule has 3 aromatic carbocycles. The van der Waals surface area contributed by atoms with Gasteiger partial charge in [0.15, 0.2) is 5.60 Å². The van der Waals surface area contributed by atoms with E-state index in [1.54, 1.807) is 0 Å². The molecule has 1 nitrogen and oxygen atoms in total. The second-order valence-corrected chi connectivity index (χ2v) is 7.53. The summed E-state index contributed by atoms with van der Waals surface area (Å²) >= 11 is 8.74. The van der Waals surface area contributed by atoms with E-state index in [9.17, 15) is 0 Å². The Morgan fingerprint density at radius 3 is 1.80 bits per heavy atom. The van der Waals surface area contributed by atoms with Crippen molar-refractivity contribution in [2.24, 2.45) is 0 Å². The van der Waals surface area contributed by atoms with E-state index in [1.165, 1.54) is 11.1 Å². The molecule has 1 heterocycles. The average molecular weight is 459 g/mol. The minimum absolute atomic E-state index is 0.440. The molecule has 0 spiro atoms. The van der Waals surface area contributed by atoms with Crippen molar-refractivity contribution in [3.8, 4) is 11.1 Å². The molecule has 0 saturated carbocycles. The summed E-state index contributed by atoms with van der Waals surface area (Å²) < 4.78 is 7.30. The first-order valence-electron chi connectivity index (χ1n) is 8.12. The lowest BCUT2D eigenvalue weighted by atomic mass is 9.85. The molecule has 1 atom stereocenters. The first-order valence-corrected chi connectivity index (χ1v) is 9.57. The van der Waals surface area contributed by atoms with Gasteiger partial charge in [0.2, 0.25) is 0 Å². The molecular weight excluding hydrogens is 443 g/mol. The zero-order valence-electron chi connectivity index (χ0n) is 13.5. The zero-order chi connectivity index (χ0) is 17.3. The van der Waals surface area contributed by atoms with Crippen LogP contribution in [0, 0.1) is 0 Å². The summed E-state index contributed by atoms with van der Waals surface area (Å²) in [4.78, 5) is 0. The minimum atomic E-state index is -0.617. The Morgan fingerprint density at radius 1 is 0.720 bits per heavy atom. The van der Waals surface area contributed by atoms with Crippen LogP contribution >= 0.6 is 34.2 Å². The number of rotatable bonds is 3. The van der Waals surface area contributed by atoms with Gasteiger partial charge in [0, 0.05) is 3.58 Å². The molecule has 0 bridgehead atoms. The van der Waals surface area contributed by atoms with Crippen LogP contribution in [-0.4, -0.2) is 6.61 Å². The molecule has 1 aliphatic heterocycles. The predicted molar refractivity (Wildman–Crippen MR) is 112 cm³/mol. The third-order valence-electron chi connectivity index (χ3n) is 4.54. The first kappa shape index (κ1) is 16.8. The van der Waals surface area contributed by atoms with E-state index in [-0.39, 0.29) is 0 Å². The van der Waals surface area contributed by atoms with Gasteiger partial charge in [-0.1, -0.05) is 96.5 Å². The molecule has 4 rings (SSSR count). The van der Waals surface area contributed by atoms with E-state index in [0.29, 0.717) is 6.61 Å². The van der Waals surface area contributed by atoms with E-state index in [1.807, 2.05) is 24.3 Å². The summed E-state index contributed by atoms with van der Waals surface area (Å²) in [5.41, 5.74) is 3.98. The molecule has 1 unspecified atom stereocenters. The minimum Gasteiger partial charge on any atom is -0.355 e. The quantitative estimate of drug-likeness (QED) is 0.406. The van der Waals surface area contributed by atoms with Gasteiger partial charge >= 0.3 is 0 Å². The van der Waals surface area contributed by atoms with Crippen LogP contribution in [0.2, 0.25) is 0 Å². The lowest BCUT2D eigenvalue weighted by molar-refractivity contribution is 0.0553. The zero-order valence-corrected chi connectivity index (χ0v) is 16.4. The summed E-state index contributed by atoms with van der Waals surface area (Å²) in [5, 5.41) is 0.775. The molecule has 3 heteroatoms. The highest BCUT2D eigenvalue weighted by atomic mass is 127. The van der Waals surface area contributed by atoms with Gasteiger partial charge in [-0.15, -0.1) is 0 Å². The summed E-state index contributed by atoms with van der Waals surface area (Å²) in [7, 11) is 0. The van der Waals surface area contributed by atoms with Gasteiger partial charge in [0.1, 0.15) is 0 Å². The topological polar surface area (TPSA) is 9.23 Å². The lowest BCUT2D eigenvalue weighted by Crippen LogP contribution is -2.28. The van der Waals surface area contributed by atoms with Crippen molar-refractivity contribution in [2.75, 3.05) is 6.61 Å². The van der Waals surface area contributed by atoms with E-state index in [4.69, 9.17) is 16.3 Å². The van der Waals surface area contributed by atoms with Gasteiger partial charge in [-0.2, -0.15) is 0 Å². The molecule has 0 fully saturated rings. The van der Waals surface area contributed by atoms with Crippen molar-refractivity contribution in [3.05, 3.63) is 105 Å². The molecule has 124 valence electrons. The van der Waals surface area contributed by atoms with Crippen LogP contribution in [0.3, 0.4) is 0 Å². The summed E-state index contributed by atoms with van der Waals surface area (Å²) in [6, 6.07) is 29.2. The number of benzene rings is 3. The second-order valence-electron chi connectivity index (χ2n) is 6.00. The Bertz CT molecular complexity index is 904. The molecule has 0 amide bonds. The maximum Gasteiger partial charge on any atom is 0.151 e. The first-order chi connectivity index (χ1) is 12.2. The highest BCUT2D eigenvalue weighted by Crippen LogP contribution is 2.50. The fourth-order valence-electron chi connectivity index (χ4n) is 3.28. The van der Waals surface area contributed by atoms with E-state index < -0.39 is 5.60 Å². The Hall–Kier alpha value is -1.62. The number of hydrogen-bond donors (Lipinski definition) is 0. The lowest BCUT2D eigenvalue weighted by Gasteiger charge is -2.31. The van der Waals surface area contributed by atoms with Crippen LogP contribution in [0.25, 0.3) is 11.1 Å². The Labute approximate surface area is 166 Å². The van der Waals surface area contributed by atoms with Gasteiger partial charge in [-0.3, -0.25) is 0 Å². The molecule has 0 radical (unpaired) electrons. The average Bonchev–Trinajstić information content (AvgIpc) is 2.99. The Morgan fingerprint density at radius 2 is 1.24 bits per heavy atom. The monoisotopic (exact) mass is 458 g/mol. The van der Waals surface area contributed by atoms with Gasteiger partial charge in [-0.25, -0.2) is 0 Å². The molecule has 1 aliphatic rings. The summed E-state index contributed by atoms with van der Waals surface area (Å²) in [6.45, 7) is 0.440. The van der Waals surface area contributed by atoms with Crippen molar-refractivity contribution >= 4 is 34.2 Å². The largest absolute Gasteiger partial charge is 0.355 e. The molecule has 0 aromatic heterocycles. The predicted octanol–water partition coefficient (Wildman–Crippen LogP) is 6.51. The van der Waals surface area contributed by atoms with Crippen molar-refractivity contribution in [2.45, 2.75) is 5.60 Å². The van der Waals surface area contributed by atoms with Crippen LogP contribution < -0.4 is 0 Å². The van der Waals surface area contributed by atoms with Crippen LogP contribution in [0.4, 0.5) is 0 Å². The fourth-order valence-corrected chi connectivity index (χ4v) is 4.40. The van der Waals surface area contributed by atoms with Crippen LogP contribution in [0.5, 0.6) is 0 Å². The normalized spacial score (nSPS) is 20.1. The van der Waals surface area contributed by atoms with E-state index in [2.05, 4.69) is 83.3 Å².